The fourth-order valence-electron chi connectivity index (χ4n) is 1.18. The standard InChI is InChI=1S/C9H9N7O/c1-6(2)8-13-7(3-10)16(14-8)9(17)15-5-11-4-12-15/h4-6H,1-2H3. The van der Waals surface area contributed by atoms with E-state index in [0.717, 1.165) is 9.36 Å². The van der Waals surface area contributed by atoms with Crippen molar-refractivity contribution in [1.29, 1.82) is 5.26 Å². The van der Waals surface area contributed by atoms with Gasteiger partial charge < -0.3 is 0 Å². The van der Waals surface area contributed by atoms with E-state index in [1.165, 1.54) is 12.7 Å². The Bertz CT molecular complexity index is 575. The minimum atomic E-state index is -0.585. The van der Waals surface area contributed by atoms with Crippen molar-refractivity contribution < 1.29 is 4.79 Å². The Hall–Kier alpha value is -2.56. The van der Waals surface area contributed by atoms with Crippen molar-refractivity contribution in [2.24, 2.45) is 0 Å². The van der Waals surface area contributed by atoms with Crippen LogP contribution in [-0.2, 0) is 0 Å². The highest BCUT2D eigenvalue weighted by molar-refractivity contribution is 5.78. The first kappa shape index (κ1) is 10.9. The number of carbonyl (C=O) groups excluding carboxylic acids is 1. The summed E-state index contributed by atoms with van der Waals surface area (Å²) in [4.78, 5) is 19.5. The first-order chi connectivity index (χ1) is 8.13. The fraction of sp³-hybridized carbons (Fsp3) is 0.333. The van der Waals surface area contributed by atoms with E-state index in [4.69, 9.17) is 5.26 Å². The summed E-state index contributed by atoms with van der Waals surface area (Å²) in [6.07, 6.45) is 2.46. The molecule has 0 spiro atoms. The summed E-state index contributed by atoms with van der Waals surface area (Å²) in [5.74, 6) is 0.413. The van der Waals surface area contributed by atoms with Gasteiger partial charge in [-0.05, 0) is 0 Å². The first-order valence-corrected chi connectivity index (χ1v) is 4.90. The molecule has 0 unspecified atom stereocenters. The number of nitriles is 1. The molecular weight excluding hydrogens is 222 g/mol. The Kier molecular flexibility index (Phi) is 2.66. The van der Waals surface area contributed by atoms with Gasteiger partial charge in [0.2, 0.25) is 5.82 Å². The molecule has 2 rings (SSSR count). The van der Waals surface area contributed by atoms with Gasteiger partial charge in [0.15, 0.2) is 5.82 Å². The average molecular weight is 231 g/mol. The predicted molar refractivity (Wildman–Crippen MR) is 55.0 cm³/mol. The van der Waals surface area contributed by atoms with Crippen LogP contribution in [-0.4, -0.2) is 35.6 Å². The van der Waals surface area contributed by atoms with Gasteiger partial charge in [-0.15, -0.1) is 9.78 Å². The molecule has 8 heteroatoms. The minimum absolute atomic E-state index is 0.0342. The van der Waals surface area contributed by atoms with Gasteiger partial charge in [0, 0.05) is 5.92 Å². The fourth-order valence-corrected chi connectivity index (χ4v) is 1.18. The molecule has 2 aromatic heterocycles. The summed E-state index contributed by atoms with van der Waals surface area (Å²) in [7, 11) is 0. The lowest BCUT2D eigenvalue weighted by Crippen LogP contribution is -2.22. The van der Waals surface area contributed by atoms with Crippen LogP contribution in [0.3, 0.4) is 0 Å². The van der Waals surface area contributed by atoms with Gasteiger partial charge in [-0.1, -0.05) is 13.8 Å². The lowest BCUT2D eigenvalue weighted by atomic mass is 10.2. The number of nitrogens with zero attached hydrogens (tertiary/aromatic N) is 7. The average Bonchev–Trinajstić information content (AvgIpc) is 2.97. The summed E-state index contributed by atoms with van der Waals surface area (Å²) in [5.41, 5.74) is 0. The Labute approximate surface area is 96.5 Å². The SMILES string of the molecule is CC(C)c1nc(C#N)n(C(=O)n2cncn2)n1. The zero-order chi connectivity index (χ0) is 12.4. The predicted octanol–water partition coefficient (Wildman–Crippen LogP) is 0.381. The van der Waals surface area contributed by atoms with Crippen LogP contribution in [0.5, 0.6) is 0 Å². The molecule has 0 aromatic carbocycles. The molecule has 0 saturated carbocycles. The van der Waals surface area contributed by atoms with Crippen molar-refractivity contribution >= 4 is 6.03 Å². The molecule has 0 fully saturated rings. The summed E-state index contributed by atoms with van der Waals surface area (Å²) < 4.78 is 1.91. The Morgan fingerprint density at radius 3 is 2.82 bits per heavy atom. The van der Waals surface area contributed by atoms with Crippen LogP contribution in [0.1, 0.15) is 31.4 Å². The maximum Gasteiger partial charge on any atom is 0.373 e. The van der Waals surface area contributed by atoms with Gasteiger partial charge >= 0.3 is 6.03 Å². The van der Waals surface area contributed by atoms with E-state index in [0.29, 0.717) is 5.82 Å². The van der Waals surface area contributed by atoms with E-state index in [-0.39, 0.29) is 11.7 Å². The number of hydrogen-bond donors (Lipinski definition) is 0. The van der Waals surface area contributed by atoms with Crippen LogP contribution in [0, 0.1) is 11.3 Å². The molecule has 0 aliphatic carbocycles. The topological polar surface area (TPSA) is 102 Å². The highest BCUT2D eigenvalue weighted by atomic mass is 16.2. The number of hydrogen-bond acceptors (Lipinski definition) is 6. The van der Waals surface area contributed by atoms with Gasteiger partial charge in [-0.25, -0.2) is 14.8 Å². The van der Waals surface area contributed by atoms with Crippen molar-refractivity contribution in [1.82, 2.24) is 29.5 Å². The number of carbonyl (C=O) groups is 1. The van der Waals surface area contributed by atoms with E-state index >= 15 is 0 Å². The molecule has 8 nitrogen and oxygen atoms in total. The van der Waals surface area contributed by atoms with Crippen LogP contribution >= 0.6 is 0 Å². The Morgan fingerprint density at radius 1 is 1.53 bits per heavy atom. The molecule has 17 heavy (non-hydrogen) atoms. The normalized spacial score (nSPS) is 10.5. The van der Waals surface area contributed by atoms with E-state index < -0.39 is 6.03 Å². The van der Waals surface area contributed by atoms with Crippen LogP contribution in [0.25, 0.3) is 0 Å². The van der Waals surface area contributed by atoms with Gasteiger partial charge in [-0.3, -0.25) is 0 Å². The van der Waals surface area contributed by atoms with Crippen LogP contribution in [0.4, 0.5) is 4.79 Å². The van der Waals surface area contributed by atoms with Gasteiger partial charge in [0.05, 0.1) is 0 Å². The molecule has 0 amide bonds. The van der Waals surface area contributed by atoms with Crippen molar-refractivity contribution in [3.05, 3.63) is 24.3 Å². The van der Waals surface area contributed by atoms with Crippen LogP contribution < -0.4 is 0 Å². The monoisotopic (exact) mass is 231 g/mol. The first-order valence-electron chi connectivity index (χ1n) is 4.90. The maximum atomic E-state index is 11.9. The molecule has 0 aliphatic heterocycles. The summed E-state index contributed by atoms with van der Waals surface area (Å²) in [5, 5.41) is 16.6. The van der Waals surface area contributed by atoms with Gasteiger partial charge in [0.25, 0.3) is 0 Å². The third-order valence-corrected chi connectivity index (χ3v) is 2.04. The third-order valence-electron chi connectivity index (χ3n) is 2.04. The smallest absolute Gasteiger partial charge is 0.243 e. The number of aromatic nitrogens is 6. The quantitative estimate of drug-likeness (QED) is 0.703. The Morgan fingerprint density at radius 2 is 2.29 bits per heavy atom. The van der Waals surface area contributed by atoms with E-state index in [2.05, 4.69) is 20.2 Å². The molecule has 2 aromatic rings. The molecule has 0 atom stereocenters. The zero-order valence-electron chi connectivity index (χ0n) is 9.27. The van der Waals surface area contributed by atoms with E-state index in [1.807, 2.05) is 19.9 Å². The Balaban J connectivity index is 2.45. The molecule has 0 radical (unpaired) electrons. The summed E-state index contributed by atoms with van der Waals surface area (Å²) >= 11 is 0. The van der Waals surface area contributed by atoms with Gasteiger partial charge in [0.1, 0.15) is 18.7 Å². The minimum Gasteiger partial charge on any atom is -0.243 e. The lowest BCUT2D eigenvalue weighted by molar-refractivity contribution is 0.237. The second kappa shape index (κ2) is 4.13. The van der Waals surface area contributed by atoms with E-state index in [1.54, 1.807) is 0 Å². The van der Waals surface area contributed by atoms with Crippen molar-refractivity contribution in [2.45, 2.75) is 19.8 Å². The van der Waals surface area contributed by atoms with Gasteiger partial charge in [-0.2, -0.15) is 15.0 Å². The summed E-state index contributed by atoms with van der Waals surface area (Å²) in [6, 6.07) is 1.24. The molecule has 86 valence electrons. The third kappa shape index (κ3) is 1.90. The zero-order valence-corrected chi connectivity index (χ0v) is 9.27. The molecule has 0 bridgehead atoms. The highest BCUT2D eigenvalue weighted by Crippen LogP contribution is 2.09. The summed E-state index contributed by atoms with van der Waals surface area (Å²) in [6.45, 7) is 3.75. The van der Waals surface area contributed by atoms with Crippen molar-refractivity contribution in [2.75, 3.05) is 0 Å². The second-order valence-corrected chi connectivity index (χ2v) is 3.59. The number of rotatable bonds is 1. The molecule has 2 heterocycles. The molecule has 0 aliphatic rings. The van der Waals surface area contributed by atoms with Crippen LogP contribution in [0.2, 0.25) is 0 Å². The van der Waals surface area contributed by atoms with Crippen molar-refractivity contribution in [3.8, 4) is 6.07 Å². The van der Waals surface area contributed by atoms with Crippen molar-refractivity contribution in [3.63, 3.8) is 0 Å². The maximum absolute atomic E-state index is 11.9. The van der Waals surface area contributed by atoms with Crippen LogP contribution in [0.15, 0.2) is 12.7 Å². The highest BCUT2D eigenvalue weighted by Gasteiger charge is 2.19. The lowest BCUT2D eigenvalue weighted by Gasteiger charge is -1.98. The van der Waals surface area contributed by atoms with E-state index in [9.17, 15) is 4.79 Å². The molecular formula is C9H9N7O. The molecule has 0 N–H and O–H groups in total. The molecule has 0 saturated heterocycles. The largest absolute Gasteiger partial charge is 0.373 e. The second-order valence-electron chi connectivity index (χ2n) is 3.59.